The van der Waals surface area contributed by atoms with E-state index >= 15 is 0 Å². The Morgan fingerprint density at radius 2 is 1.67 bits per heavy atom. The Balaban J connectivity index is 1.55. The van der Waals surface area contributed by atoms with Gasteiger partial charge in [0, 0.05) is 6.54 Å². The summed E-state index contributed by atoms with van der Waals surface area (Å²) in [6.45, 7) is 9.65. The predicted octanol–water partition coefficient (Wildman–Crippen LogP) is 4.56. The molecule has 1 aromatic rings. The summed E-state index contributed by atoms with van der Waals surface area (Å²) >= 11 is 0. The molecule has 0 amide bonds. The number of rotatable bonds is 11. The van der Waals surface area contributed by atoms with Crippen LogP contribution in [0.5, 0.6) is 5.75 Å². The molecule has 0 atom stereocenters. The summed E-state index contributed by atoms with van der Waals surface area (Å²) in [4.78, 5) is 5.21. The zero-order chi connectivity index (χ0) is 17.0. The van der Waals surface area contributed by atoms with Crippen LogP contribution in [-0.2, 0) is 6.54 Å². The zero-order valence-electron chi connectivity index (χ0n) is 15.8. The first-order chi connectivity index (χ1) is 11.8. The van der Waals surface area contributed by atoms with E-state index in [9.17, 15) is 0 Å². The topological polar surface area (TPSA) is 15.7 Å². The van der Waals surface area contributed by atoms with Crippen LogP contribution < -0.4 is 4.74 Å². The molecule has 136 valence electrons. The first-order valence-corrected chi connectivity index (χ1v) is 9.89. The monoisotopic (exact) mass is 332 g/mol. The second-order valence-corrected chi connectivity index (χ2v) is 7.03. The van der Waals surface area contributed by atoms with Gasteiger partial charge in [0.25, 0.3) is 0 Å². The van der Waals surface area contributed by atoms with Crippen molar-refractivity contribution in [2.75, 3.05) is 39.8 Å². The maximum Gasteiger partial charge on any atom is 0.118 e. The summed E-state index contributed by atoms with van der Waals surface area (Å²) in [6.07, 6.45) is 9.73. The van der Waals surface area contributed by atoms with Crippen LogP contribution in [0.1, 0.15) is 57.4 Å². The highest BCUT2D eigenvalue weighted by Crippen LogP contribution is 2.14. The lowest BCUT2D eigenvalue weighted by Crippen LogP contribution is -2.30. The number of hydrogen-bond acceptors (Lipinski definition) is 3. The summed E-state index contributed by atoms with van der Waals surface area (Å²) < 4.78 is 5.23. The van der Waals surface area contributed by atoms with E-state index < -0.39 is 0 Å². The van der Waals surface area contributed by atoms with Crippen molar-refractivity contribution in [3.63, 3.8) is 0 Å². The van der Waals surface area contributed by atoms with Gasteiger partial charge in [-0.05, 0) is 76.1 Å². The van der Waals surface area contributed by atoms with E-state index in [4.69, 9.17) is 4.74 Å². The molecule has 0 unspecified atom stereocenters. The van der Waals surface area contributed by atoms with Crippen molar-refractivity contribution in [2.45, 2.75) is 58.4 Å². The Bertz CT molecular complexity index is 426. The Kier molecular flexibility index (Phi) is 9.22. The van der Waals surface area contributed by atoms with E-state index in [0.717, 1.165) is 18.8 Å². The fourth-order valence-corrected chi connectivity index (χ4v) is 3.55. The third-order valence-electron chi connectivity index (χ3n) is 5.16. The normalized spacial score (nSPS) is 15.8. The fraction of sp³-hybridized carbons (Fsp3) is 0.714. The lowest BCUT2D eigenvalue weighted by atomic mass is 10.1. The van der Waals surface area contributed by atoms with Gasteiger partial charge in [-0.25, -0.2) is 0 Å². The second-order valence-electron chi connectivity index (χ2n) is 7.03. The molecular formula is C21H36N2O. The predicted molar refractivity (Wildman–Crippen MR) is 103 cm³/mol. The molecule has 1 aromatic carbocycles. The third-order valence-corrected chi connectivity index (χ3v) is 5.16. The largest absolute Gasteiger partial charge is 0.497 e. The van der Waals surface area contributed by atoms with Crippen molar-refractivity contribution in [1.82, 2.24) is 9.80 Å². The summed E-state index contributed by atoms with van der Waals surface area (Å²) in [7, 11) is 1.72. The highest BCUT2D eigenvalue weighted by molar-refractivity contribution is 5.27. The number of unbranched alkanes of at least 4 members (excludes halogenated alkanes) is 3. The van der Waals surface area contributed by atoms with Gasteiger partial charge in [0.2, 0.25) is 0 Å². The van der Waals surface area contributed by atoms with E-state index in [0.29, 0.717) is 0 Å². The molecular weight excluding hydrogens is 296 g/mol. The van der Waals surface area contributed by atoms with Crippen molar-refractivity contribution < 1.29 is 4.74 Å². The molecule has 0 radical (unpaired) electrons. The number of likely N-dealkylation sites (tertiary alicyclic amines) is 1. The van der Waals surface area contributed by atoms with Crippen LogP contribution in [0.3, 0.4) is 0 Å². The first kappa shape index (κ1) is 19.3. The van der Waals surface area contributed by atoms with E-state index in [1.54, 1.807) is 7.11 Å². The van der Waals surface area contributed by atoms with Crippen LogP contribution >= 0.6 is 0 Å². The highest BCUT2D eigenvalue weighted by Gasteiger charge is 2.09. The minimum atomic E-state index is 0.940. The summed E-state index contributed by atoms with van der Waals surface area (Å²) in [5.74, 6) is 0.940. The SMILES string of the molecule is CCN(CCCCCCN1CCCCC1)Cc1ccc(OC)cc1. The van der Waals surface area contributed by atoms with Gasteiger partial charge in [-0.15, -0.1) is 0 Å². The molecule has 1 aliphatic rings. The van der Waals surface area contributed by atoms with E-state index in [1.807, 2.05) is 0 Å². The van der Waals surface area contributed by atoms with Gasteiger partial charge in [-0.2, -0.15) is 0 Å². The maximum atomic E-state index is 5.23. The number of benzene rings is 1. The van der Waals surface area contributed by atoms with Crippen LogP contribution in [0.25, 0.3) is 0 Å². The molecule has 24 heavy (non-hydrogen) atoms. The summed E-state index contributed by atoms with van der Waals surface area (Å²) in [5.41, 5.74) is 1.38. The number of nitrogens with zero attached hydrogens (tertiary/aromatic N) is 2. The lowest BCUT2D eigenvalue weighted by molar-refractivity contribution is 0.222. The minimum absolute atomic E-state index is 0.940. The first-order valence-electron chi connectivity index (χ1n) is 9.89. The van der Waals surface area contributed by atoms with Gasteiger partial charge in [0.1, 0.15) is 5.75 Å². The molecule has 2 rings (SSSR count). The van der Waals surface area contributed by atoms with E-state index in [1.165, 1.54) is 76.7 Å². The average Bonchev–Trinajstić information content (AvgIpc) is 2.65. The fourth-order valence-electron chi connectivity index (χ4n) is 3.55. The van der Waals surface area contributed by atoms with Crippen molar-refractivity contribution in [3.05, 3.63) is 29.8 Å². The minimum Gasteiger partial charge on any atom is -0.497 e. The molecule has 0 bridgehead atoms. The number of piperidine rings is 1. The molecule has 1 heterocycles. The van der Waals surface area contributed by atoms with Gasteiger partial charge >= 0.3 is 0 Å². The molecule has 1 saturated heterocycles. The van der Waals surface area contributed by atoms with Crippen LogP contribution in [0.4, 0.5) is 0 Å². The van der Waals surface area contributed by atoms with Crippen LogP contribution in [0, 0.1) is 0 Å². The molecule has 1 fully saturated rings. The number of methoxy groups -OCH3 is 1. The van der Waals surface area contributed by atoms with Gasteiger partial charge < -0.3 is 9.64 Å². The third kappa shape index (κ3) is 7.23. The smallest absolute Gasteiger partial charge is 0.118 e. The molecule has 1 aliphatic heterocycles. The molecule has 3 nitrogen and oxygen atoms in total. The molecule has 0 spiro atoms. The Hall–Kier alpha value is -1.06. The van der Waals surface area contributed by atoms with Crippen molar-refractivity contribution >= 4 is 0 Å². The molecule has 0 N–H and O–H groups in total. The maximum absolute atomic E-state index is 5.23. The highest BCUT2D eigenvalue weighted by atomic mass is 16.5. The van der Waals surface area contributed by atoms with E-state index in [2.05, 4.69) is 41.0 Å². The Morgan fingerprint density at radius 1 is 0.958 bits per heavy atom. The van der Waals surface area contributed by atoms with Gasteiger partial charge in [0.15, 0.2) is 0 Å². The van der Waals surface area contributed by atoms with Crippen molar-refractivity contribution in [2.24, 2.45) is 0 Å². The average molecular weight is 333 g/mol. The van der Waals surface area contributed by atoms with E-state index in [-0.39, 0.29) is 0 Å². The van der Waals surface area contributed by atoms with Gasteiger partial charge in [-0.3, -0.25) is 4.90 Å². The zero-order valence-corrected chi connectivity index (χ0v) is 15.8. The standard InChI is InChI=1S/C21H36N2O/c1-3-22(19-20-11-13-21(24-2)14-12-20)15-7-4-5-8-16-23-17-9-6-10-18-23/h11-14H,3-10,15-19H2,1-2H3. The summed E-state index contributed by atoms with van der Waals surface area (Å²) in [6, 6.07) is 8.48. The quantitative estimate of drug-likeness (QED) is 0.552. The van der Waals surface area contributed by atoms with Crippen LogP contribution in [-0.4, -0.2) is 49.6 Å². The Morgan fingerprint density at radius 3 is 2.33 bits per heavy atom. The van der Waals surface area contributed by atoms with Crippen molar-refractivity contribution in [1.29, 1.82) is 0 Å². The lowest BCUT2D eigenvalue weighted by Gasteiger charge is -2.26. The molecule has 0 aromatic heterocycles. The molecule has 3 heteroatoms. The molecule has 0 aliphatic carbocycles. The van der Waals surface area contributed by atoms with Gasteiger partial charge in [0.05, 0.1) is 7.11 Å². The van der Waals surface area contributed by atoms with Crippen molar-refractivity contribution in [3.8, 4) is 5.75 Å². The Labute approximate surface area is 149 Å². The van der Waals surface area contributed by atoms with Crippen LogP contribution in [0.15, 0.2) is 24.3 Å². The summed E-state index contributed by atoms with van der Waals surface area (Å²) in [5, 5.41) is 0. The second kappa shape index (κ2) is 11.5. The van der Waals surface area contributed by atoms with Crippen LogP contribution in [0.2, 0.25) is 0 Å². The van der Waals surface area contributed by atoms with Gasteiger partial charge in [-0.1, -0.05) is 38.3 Å². The number of ether oxygens (including phenoxy) is 1. The number of hydrogen-bond donors (Lipinski definition) is 0. The molecule has 0 saturated carbocycles.